The Morgan fingerprint density at radius 1 is 0.895 bits per heavy atom. The summed E-state index contributed by atoms with van der Waals surface area (Å²) in [6.07, 6.45) is 0.924. The number of hydrogen-bond donors (Lipinski definition) is 0. The molecule has 0 atom stereocenters. The van der Waals surface area contributed by atoms with Crippen LogP contribution in [0.3, 0.4) is 0 Å². The van der Waals surface area contributed by atoms with Gasteiger partial charge < -0.3 is 4.79 Å². The molecule has 0 aliphatic rings. The second-order valence-electron chi connectivity index (χ2n) is 3.88. The molecular formula is C15H14N2OS. The van der Waals surface area contributed by atoms with E-state index in [0.717, 1.165) is 23.4 Å². The van der Waals surface area contributed by atoms with E-state index in [-0.39, 0.29) is 0 Å². The molecule has 0 radical (unpaired) electrons. The fourth-order valence-electron chi connectivity index (χ4n) is 1.49. The highest BCUT2D eigenvalue weighted by molar-refractivity contribution is 7.99. The average molecular weight is 270 g/mol. The van der Waals surface area contributed by atoms with Gasteiger partial charge in [-0.2, -0.15) is 10.2 Å². The molecule has 0 aromatic heterocycles. The number of thioether (sulfide) groups is 1. The molecule has 4 heteroatoms. The molecule has 0 saturated carbocycles. The topological polar surface area (TPSA) is 41.8 Å². The van der Waals surface area contributed by atoms with Crippen LogP contribution in [0.2, 0.25) is 0 Å². The van der Waals surface area contributed by atoms with Crippen molar-refractivity contribution in [3.63, 3.8) is 0 Å². The summed E-state index contributed by atoms with van der Waals surface area (Å²) in [6, 6.07) is 17.5. The fourth-order valence-corrected chi connectivity index (χ4v) is 2.14. The minimum Gasteiger partial charge on any atom is -0.302 e. The van der Waals surface area contributed by atoms with Gasteiger partial charge in [-0.15, -0.1) is 11.8 Å². The molecular weight excluding hydrogens is 256 g/mol. The first kappa shape index (κ1) is 13.5. The predicted octanol–water partition coefficient (Wildman–Crippen LogP) is 4.53. The Labute approximate surface area is 116 Å². The smallest absolute Gasteiger partial charge is 0.129 e. The van der Waals surface area contributed by atoms with Crippen LogP contribution in [-0.2, 0) is 10.5 Å². The molecule has 0 amide bonds. The fraction of sp³-hybridized carbons (Fsp3) is 0.133. The van der Waals surface area contributed by atoms with Crippen molar-refractivity contribution in [2.45, 2.75) is 5.75 Å². The van der Waals surface area contributed by atoms with Crippen LogP contribution >= 0.6 is 11.8 Å². The molecule has 0 bridgehead atoms. The van der Waals surface area contributed by atoms with Crippen LogP contribution in [0.1, 0.15) is 5.56 Å². The first-order valence-corrected chi connectivity index (χ1v) is 7.11. The van der Waals surface area contributed by atoms with Crippen molar-refractivity contribution in [3.05, 3.63) is 60.2 Å². The number of hydrogen-bond acceptors (Lipinski definition) is 4. The van der Waals surface area contributed by atoms with Crippen LogP contribution in [0.15, 0.2) is 64.8 Å². The Bertz CT molecular complexity index is 538. The third kappa shape index (κ3) is 4.67. The lowest BCUT2D eigenvalue weighted by atomic mass is 10.2. The molecule has 96 valence electrons. The molecule has 2 aromatic carbocycles. The van der Waals surface area contributed by atoms with Gasteiger partial charge in [0, 0.05) is 11.5 Å². The second-order valence-corrected chi connectivity index (χ2v) is 4.91. The summed E-state index contributed by atoms with van der Waals surface area (Å²) in [5.74, 6) is 1.38. The highest BCUT2D eigenvalue weighted by atomic mass is 32.2. The van der Waals surface area contributed by atoms with Crippen molar-refractivity contribution in [1.82, 2.24) is 0 Å². The van der Waals surface area contributed by atoms with Gasteiger partial charge in [-0.1, -0.05) is 30.3 Å². The molecule has 0 fully saturated rings. The number of aldehydes is 1. The summed E-state index contributed by atoms with van der Waals surface area (Å²) in [7, 11) is 0. The number of carbonyl (C=O) groups excluding carboxylic acids is 1. The van der Waals surface area contributed by atoms with Gasteiger partial charge in [-0.05, 0) is 29.8 Å². The summed E-state index contributed by atoms with van der Waals surface area (Å²) in [5.41, 5.74) is 2.85. The van der Waals surface area contributed by atoms with E-state index in [9.17, 15) is 4.79 Å². The van der Waals surface area contributed by atoms with E-state index in [1.807, 2.05) is 54.6 Å². The molecule has 0 heterocycles. The van der Waals surface area contributed by atoms with Gasteiger partial charge in [-0.25, -0.2) is 0 Å². The number of azo groups is 1. The van der Waals surface area contributed by atoms with Crippen molar-refractivity contribution in [1.29, 1.82) is 0 Å². The minimum atomic E-state index is 0.537. The van der Waals surface area contributed by atoms with Crippen LogP contribution < -0.4 is 0 Å². The monoisotopic (exact) mass is 270 g/mol. The van der Waals surface area contributed by atoms with E-state index in [0.29, 0.717) is 5.75 Å². The zero-order valence-corrected chi connectivity index (χ0v) is 11.2. The molecule has 3 nitrogen and oxygen atoms in total. The highest BCUT2D eigenvalue weighted by Gasteiger charge is 1.94. The van der Waals surface area contributed by atoms with Crippen molar-refractivity contribution < 1.29 is 4.79 Å². The molecule has 19 heavy (non-hydrogen) atoms. The van der Waals surface area contributed by atoms with Gasteiger partial charge >= 0.3 is 0 Å². The van der Waals surface area contributed by atoms with Gasteiger partial charge in [0.2, 0.25) is 0 Å². The Kier molecular flexibility index (Phi) is 5.31. The zero-order chi connectivity index (χ0) is 13.3. The van der Waals surface area contributed by atoms with E-state index in [4.69, 9.17) is 0 Å². The van der Waals surface area contributed by atoms with Crippen LogP contribution in [0, 0.1) is 0 Å². The lowest BCUT2D eigenvalue weighted by molar-refractivity contribution is -0.105. The van der Waals surface area contributed by atoms with Gasteiger partial charge in [0.15, 0.2) is 0 Å². The summed E-state index contributed by atoms with van der Waals surface area (Å²) < 4.78 is 0. The maximum absolute atomic E-state index is 10.2. The second kappa shape index (κ2) is 7.48. The first-order valence-electron chi connectivity index (χ1n) is 5.95. The summed E-state index contributed by atoms with van der Waals surface area (Å²) in [6.45, 7) is 0. The van der Waals surface area contributed by atoms with Crippen molar-refractivity contribution >= 4 is 29.4 Å². The molecule has 0 aliphatic carbocycles. The molecule has 0 saturated heterocycles. The standard InChI is InChI=1S/C15H14N2OS/c18-10-11-19-12-13-6-8-15(9-7-13)17-16-14-4-2-1-3-5-14/h1-10H,11-12H2. The molecule has 0 spiro atoms. The Morgan fingerprint density at radius 3 is 2.16 bits per heavy atom. The SMILES string of the molecule is O=CCSCc1ccc(N=Nc2ccccc2)cc1. The number of rotatable bonds is 6. The predicted molar refractivity (Wildman–Crippen MR) is 79.3 cm³/mol. The van der Waals surface area contributed by atoms with E-state index in [1.54, 1.807) is 11.8 Å². The quantitative estimate of drug-likeness (QED) is 0.439. The van der Waals surface area contributed by atoms with E-state index >= 15 is 0 Å². The van der Waals surface area contributed by atoms with E-state index < -0.39 is 0 Å². The van der Waals surface area contributed by atoms with E-state index in [1.165, 1.54) is 5.56 Å². The largest absolute Gasteiger partial charge is 0.302 e. The van der Waals surface area contributed by atoms with E-state index in [2.05, 4.69) is 10.2 Å². The molecule has 0 unspecified atom stereocenters. The number of nitrogens with zero attached hydrogens (tertiary/aromatic N) is 2. The number of benzene rings is 2. The number of carbonyl (C=O) groups is 1. The maximum atomic E-state index is 10.2. The van der Waals surface area contributed by atoms with Gasteiger partial charge in [0.05, 0.1) is 11.4 Å². The lowest BCUT2D eigenvalue weighted by Crippen LogP contribution is -1.82. The van der Waals surface area contributed by atoms with Crippen LogP contribution in [0.5, 0.6) is 0 Å². The molecule has 2 aromatic rings. The Hall–Kier alpha value is -1.94. The van der Waals surface area contributed by atoms with Crippen molar-refractivity contribution in [2.24, 2.45) is 10.2 Å². The highest BCUT2D eigenvalue weighted by Crippen LogP contribution is 2.19. The minimum absolute atomic E-state index is 0.537. The Balaban J connectivity index is 1.95. The van der Waals surface area contributed by atoms with Crippen LogP contribution in [-0.4, -0.2) is 12.0 Å². The first-order chi connectivity index (χ1) is 9.38. The van der Waals surface area contributed by atoms with Crippen molar-refractivity contribution in [2.75, 3.05) is 5.75 Å². The molecule has 0 aliphatic heterocycles. The molecule has 2 rings (SSSR count). The van der Waals surface area contributed by atoms with Gasteiger partial charge in [0.25, 0.3) is 0 Å². The third-order valence-electron chi connectivity index (χ3n) is 2.43. The van der Waals surface area contributed by atoms with Gasteiger partial charge in [0.1, 0.15) is 6.29 Å². The van der Waals surface area contributed by atoms with Gasteiger partial charge in [-0.3, -0.25) is 0 Å². The van der Waals surface area contributed by atoms with Crippen molar-refractivity contribution in [3.8, 4) is 0 Å². The normalized spacial score (nSPS) is 10.7. The zero-order valence-electron chi connectivity index (χ0n) is 10.4. The average Bonchev–Trinajstić information content (AvgIpc) is 2.48. The lowest BCUT2D eigenvalue weighted by Gasteiger charge is -1.99. The maximum Gasteiger partial charge on any atom is 0.129 e. The molecule has 0 N–H and O–H groups in total. The Morgan fingerprint density at radius 2 is 1.53 bits per heavy atom. The third-order valence-corrected chi connectivity index (χ3v) is 3.34. The summed E-state index contributed by atoms with van der Waals surface area (Å²) >= 11 is 1.60. The van der Waals surface area contributed by atoms with Crippen LogP contribution in [0.25, 0.3) is 0 Å². The summed E-state index contributed by atoms with van der Waals surface area (Å²) in [5, 5.41) is 8.33. The van der Waals surface area contributed by atoms with Crippen LogP contribution in [0.4, 0.5) is 11.4 Å². The summed E-state index contributed by atoms with van der Waals surface area (Å²) in [4.78, 5) is 10.2.